The standard InChI is InChI=1S/C41H40Cl2N4O3/c1-27(2)30-10-5-28(6-11-30)9-22-37-36(40(50)46(26-39(48)49)25-29-7-18-34(42)19-8-29)24-44-41(45-37)47-23-3-4-38(47)33-14-12-31(13-15-33)32-16-20-35(43)21-17-32/h5-8,10-21,24,27,38H,3-4,9,22-23,25-26H2,1-2H3,(H,48,49). The lowest BCUT2D eigenvalue weighted by atomic mass is 9.99. The van der Waals surface area contributed by atoms with Crippen LogP contribution in [-0.2, 0) is 24.2 Å². The minimum absolute atomic E-state index is 0.0839. The molecule has 0 aliphatic carbocycles. The number of aromatic nitrogens is 2. The number of carboxylic acids is 1. The van der Waals surface area contributed by atoms with Crippen molar-refractivity contribution in [2.45, 2.75) is 58.0 Å². The Kier molecular flexibility index (Phi) is 11.2. The predicted octanol–water partition coefficient (Wildman–Crippen LogP) is 9.43. The van der Waals surface area contributed by atoms with Gasteiger partial charge in [0, 0.05) is 29.3 Å². The summed E-state index contributed by atoms with van der Waals surface area (Å²) in [4.78, 5) is 39.4. The second-order valence-electron chi connectivity index (χ2n) is 13.1. The van der Waals surface area contributed by atoms with Crippen LogP contribution in [0.5, 0.6) is 0 Å². The van der Waals surface area contributed by atoms with Gasteiger partial charge in [0.25, 0.3) is 5.91 Å². The van der Waals surface area contributed by atoms with Crippen LogP contribution < -0.4 is 4.90 Å². The van der Waals surface area contributed by atoms with Crippen LogP contribution in [0.3, 0.4) is 0 Å². The van der Waals surface area contributed by atoms with Gasteiger partial charge >= 0.3 is 5.97 Å². The molecule has 1 unspecified atom stereocenters. The Labute approximate surface area is 303 Å². The summed E-state index contributed by atoms with van der Waals surface area (Å²) < 4.78 is 0. The highest BCUT2D eigenvalue weighted by molar-refractivity contribution is 6.30. The summed E-state index contributed by atoms with van der Waals surface area (Å²) in [5.41, 5.74) is 7.47. The molecule has 4 aromatic carbocycles. The highest BCUT2D eigenvalue weighted by atomic mass is 35.5. The summed E-state index contributed by atoms with van der Waals surface area (Å²) >= 11 is 12.2. The second-order valence-corrected chi connectivity index (χ2v) is 14.0. The van der Waals surface area contributed by atoms with Crippen LogP contribution >= 0.6 is 23.2 Å². The van der Waals surface area contributed by atoms with E-state index in [-0.39, 0.29) is 12.6 Å². The summed E-state index contributed by atoms with van der Waals surface area (Å²) in [7, 11) is 0. The van der Waals surface area contributed by atoms with Gasteiger partial charge in [-0.2, -0.15) is 0 Å². The van der Waals surface area contributed by atoms with Gasteiger partial charge in [-0.25, -0.2) is 9.97 Å². The molecular weight excluding hydrogens is 667 g/mol. The van der Waals surface area contributed by atoms with Crippen LogP contribution in [0.25, 0.3) is 11.1 Å². The number of hydrogen-bond acceptors (Lipinski definition) is 5. The minimum Gasteiger partial charge on any atom is -0.480 e. The summed E-state index contributed by atoms with van der Waals surface area (Å²) in [6, 6.07) is 32.1. The van der Waals surface area contributed by atoms with Gasteiger partial charge in [0.05, 0.1) is 17.3 Å². The number of carboxylic acid groups (broad SMARTS) is 1. The van der Waals surface area contributed by atoms with Crippen molar-refractivity contribution in [2.24, 2.45) is 0 Å². The van der Waals surface area contributed by atoms with E-state index in [0.29, 0.717) is 46.0 Å². The number of hydrogen-bond donors (Lipinski definition) is 1. The van der Waals surface area contributed by atoms with Crippen LogP contribution in [0.1, 0.15) is 77.0 Å². The van der Waals surface area contributed by atoms with E-state index in [1.807, 2.05) is 24.3 Å². The van der Waals surface area contributed by atoms with Gasteiger partial charge in [-0.1, -0.05) is 110 Å². The fourth-order valence-electron chi connectivity index (χ4n) is 6.48. The van der Waals surface area contributed by atoms with E-state index >= 15 is 0 Å². The Bertz CT molecular complexity index is 1930. The van der Waals surface area contributed by atoms with Crippen LogP contribution in [0.4, 0.5) is 5.95 Å². The number of benzene rings is 4. The monoisotopic (exact) mass is 706 g/mol. The Morgan fingerprint density at radius 2 is 1.44 bits per heavy atom. The lowest BCUT2D eigenvalue weighted by Gasteiger charge is -2.27. The number of carbonyl (C=O) groups excluding carboxylic acids is 1. The van der Waals surface area contributed by atoms with Crippen LogP contribution in [0.15, 0.2) is 103 Å². The molecule has 1 atom stereocenters. The van der Waals surface area contributed by atoms with Crippen molar-refractivity contribution in [1.82, 2.24) is 14.9 Å². The first kappa shape index (κ1) is 35.1. The maximum absolute atomic E-state index is 14.1. The number of aliphatic carboxylic acids is 1. The Hall–Kier alpha value is -4.72. The molecule has 7 nitrogen and oxygen atoms in total. The highest BCUT2D eigenvalue weighted by Gasteiger charge is 2.30. The van der Waals surface area contributed by atoms with Gasteiger partial charge in [-0.05, 0) is 89.2 Å². The van der Waals surface area contributed by atoms with Crippen LogP contribution in [-0.4, -0.2) is 44.9 Å². The molecule has 0 radical (unpaired) electrons. The number of nitrogens with zero attached hydrogens (tertiary/aromatic N) is 4. The SMILES string of the molecule is CC(C)c1ccc(CCc2nc(N3CCCC3c3ccc(-c4ccc(Cl)cc4)cc3)ncc2C(=O)N(CC(=O)O)Cc2ccc(Cl)cc2)cc1. The molecule has 1 N–H and O–H groups in total. The van der Waals surface area contributed by atoms with E-state index in [4.69, 9.17) is 33.2 Å². The third-order valence-corrected chi connectivity index (χ3v) is 9.77. The summed E-state index contributed by atoms with van der Waals surface area (Å²) in [5, 5.41) is 11.0. The van der Waals surface area contributed by atoms with Crippen LogP contribution in [0, 0.1) is 0 Å². The van der Waals surface area contributed by atoms with Gasteiger partial charge in [-0.15, -0.1) is 0 Å². The van der Waals surface area contributed by atoms with E-state index < -0.39 is 18.4 Å². The van der Waals surface area contributed by atoms with E-state index in [9.17, 15) is 14.7 Å². The molecule has 1 amide bonds. The molecule has 9 heteroatoms. The molecule has 5 aromatic rings. The van der Waals surface area contributed by atoms with Gasteiger partial charge < -0.3 is 14.9 Å². The molecule has 1 aliphatic rings. The zero-order valence-corrected chi connectivity index (χ0v) is 29.7. The van der Waals surface area contributed by atoms with E-state index in [0.717, 1.165) is 41.6 Å². The number of aryl methyl sites for hydroxylation is 2. The number of halogens is 2. The first-order valence-corrected chi connectivity index (χ1v) is 17.7. The average molecular weight is 708 g/mol. The lowest BCUT2D eigenvalue weighted by Crippen LogP contribution is -2.36. The van der Waals surface area contributed by atoms with E-state index in [1.54, 1.807) is 30.5 Å². The maximum Gasteiger partial charge on any atom is 0.323 e. The second kappa shape index (κ2) is 15.9. The zero-order valence-electron chi connectivity index (χ0n) is 28.2. The molecule has 1 fully saturated rings. The van der Waals surface area contributed by atoms with Crippen LogP contribution in [0.2, 0.25) is 10.0 Å². The van der Waals surface area contributed by atoms with Crippen molar-refractivity contribution in [3.8, 4) is 11.1 Å². The molecule has 50 heavy (non-hydrogen) atoms. The fourth-order valence-corrected chi connectivity index (χ4v) is 6.73. The topological polar surface area (TPSA) is 86.6 Å². The lowest BCUT2D eigenvalue weighted by molar-refractivity contribution is -0.137. The van der Waals surface area contributed by atoms with Gasteiger partial charge in [-0.3, -0.25) is 9.59 Å². The maximum atomic E-state index is 14.1. The molecule has 1 aromatic heterocycles. The molecular formula is C41H40Cl2N4O3. The van der Waals surface area contributed by atoms with Gasteiger partial charge in [0.15, 0.2) is 0 Å². The summed E-state index contributed by atoms with van der Waals surface area (Å²) in [6.45, 7) is 4.78. The Balaban J connectivity index is 1.30. The smallest absolute Gasteiger partial charge is 0.323 e. The number of rotatable bonds is 12. The molecule has 1 saturated heterocycles. The van der Waals surface area contributed by atoms with Crippen molar-refractivity contribution in [3.05, 3.63) is 147 Å². The minimum atomic E-state index is -1.10. The summed E-state index contributed by atoms with van der Waals surface area (Å²) in [5.74, 6) is -0.521. The normalized spacial score (nSPS) is 14.3. The quantitative estimate of drug-likeness (QED) is 0.139. The highest BCUT2D eigenvalue weighted by Crippen LogP contribution is 2.36. The molecule has 0 spiro atoms. The number of carbonyl (C=O) groups is 2. The molecule has 0 bridgehead atoms. The van der Waals surface area contributed by atoms with Crippen molar-refractivity contribution < 1.29 is 14.7 Å². The molecule has 256 valence electrons. The molecule has 2 heterocycles. The van der Waals surface area contributed by atoms with Gasteiger partial charge in [0.1, 0.15) is 6.54 Å². The summed E-state index contributed by atoms with van der Waals surface area (Å²) in [6.07, 6.45) is 4.68. The van der Waals surface area contributed by atoms with Crippen molar-refractivity contribution in [2.75, 3.05) is 18.0 Å². The Morgan fingerprint density at radius 3 is 2.06 bits per heavy atom. The fraction of sp³-hybridized carbons (Fsp3) is 0.268. The predicted molar refractivity (Wildman–Crippen MR) is 200 cm³/mol. The van der Waals surface area contributed by atoms with Crippen molar-refractivity contribution in [3.63, 3.8) is 0 Å². The molecule has 6 rings (SSSR count). The molecule has 1 aliphatic heterocycles. The van der Waals surface area contributed by atoms with Crippen molar-refractivity contribution >= 4 is 41.0 Å². The molecule has 0 saturated carbocycles. The number of anilines is 1. The number of amides is 1. The third kappa shape index (κ3) is 8.52. The van der Waals surface area contributed by atoms with Gasteiger partial charge in [0.2, 0.25) is 5.95 Å². The first-order valence-electron chi connectivity index (χ1n) is 17.0. The largest absolute Gasteiger partial charge is 0.480 e. The first-order chi connectivity index (χ1) is 24.1. The van der Waals surface area contributed by atoms with E-state index in [2.05, 4.69) is 67.3 Å². The van der Waals surface area contributed by atoms with Crippen molar-refractivity contribution in [1.29, 1.82) is 0 Å². The Morgan fingerprint density at radius 1 is 0.840 bits per heavy atom. The van der Waals surface area contributed by atoms with E-state index in [1.165, 1.54) is 16.0 Å². The average Bonchev–Trinajstić information content (AvgIpc) is 3.62. The zero-order chi connectivity index (χ0) is 35.2. The third-order valence-electron chi connectivity index (χ3n) is 9.26.